The lowest BCUT2D eigenvalue weighted by molar-refractivity contribution is 0.409. The van der Waals surface area contributed by atoms with Gasteiger partial charge in [0.05, 0.1) is 7.11 Å². The Hall–Kier alpha value is -1.50. The number of allylic oxidation sites excluding steroid dienone is 4. The second-order valence-electron chi connectivity index (χ2n) is 7.13. The van der Waals surface area contributed by atoms with Gasteiger partial charge in [-0.05, 0) is 77.0 Å². The quantitative estimate of drug-likeness (QED) is 0.333. The summed E-state index contributed by atoms with van der Waals surface area (Å²) >= 11 is 0. The molecule has 1 rings (SSSR count). The van der Waals surface area contributed by atoms with E-state index in [0.717, 1.165) is 31.4 Å². The highest BCUT2D eigenvalue weighted by Gasteiger charge is 2.08. The first-order valence-corrected chi connectivity index (χ1v) is 9.43. The van der Waals surface area contributed by atoms with Crippen LogP contribution in [-0.2, 0) is 12.8 Å². The van der Waals surface area contributed by atoms with E-state index in [-0.39, 0.29) is 0 Å². The van der Waals surface area contributed by atoms with Crippen molar-refractivity contribution in [3.8, 4) is 5.75 Å². The monoisotopic (exact) mass is 328 g/mol. The van der Waals surface area contributed by atoms with E-state index in [1.54, 1.807) is 7.11 Å². The van der Waals surface area contributed by atoms with E-state index in [0.29, 0.717) is 0 Å². The Kier molecular flexibility index (Phi) is 9.52. The lowest BCUT2D eigenvalue weighted by Gasteiger charge is -2.13. The summed E-state index contributed by atoms with van der Waals surface area (Å²) < 4.78 is 5.68. The summed E-state index contributed by atoms with van der Waals surface area (Å²) in [7, 11) is 1.79. The zero-order valence-corrected chi connectivity index (χ0v) is 16.7. The molecule has 1 aromatic rings. The van der Waals surface area contributed by atoms with Crippen molar-refractivity contribution in [3.63, 3.8) is 0 Å². The minimum atomic E-state index is 0.963. The van der Waals surface area contributed by atoms with Crippen LogP contribution in [-0.4, -0.2) is 7.11 Å². The third kappa shape index (κ3) is 7.38. The SMILES string of the molecule is CCCCCc1cc(C)c(C/C=C(\C)CCC=C(C)C)c(OC)c1. The number of hydrogen-bond donors (Lipinski definition) is 0. The predicted molar refractivity (Wildman–Crippen MR) is 107 cm³/mol. The van der Waals surface area contributed by atoms with Crippen molar-refractivity contribution in [1.29, 1.82) is 0 Å². The highest BCUT2D eigenvalue weighted by molar-refractivity contribution is 5.44. The van der Waals surface area contributed by atoms with Crippen molar-refractivity contribution in [2.24, 2.45) is 0 Å². The minimum absolute atomic E-state index is 0.963. The summed E-state index contributed by atoms with van der Waals surface area (Å²) in [6.45, 7) is 11.0. The van der Waals surface area contributed by atoms with E-state index in [9.17, 15) is 0 Å². The Labute approximate surface area is 149 Å². The molecule has 0 saturated heterocycles. The Bertz CT molecular complexity index is 560. The van der Waals surface area contributed by atoms with Gasteiger partial charge in [-0.25, -0.2) is 0 Å². The Morgan fingerprint density at radius 3 is 2.46 bits per heavy atom. The van der Waals surface area contributed by atoms with Crippen molar-refractivity contribution in [2.75, 3.05) is 7.11 Å². The van der Waals surface area contributed by atoms with Crippen LogP contribution in [0, 0.1) is 6.92 Å². The van der Waals surface area contributed by atoms with E-state index < -0.39 is 0 Å². The van der Waals surface area contributed by atoms with Crippen LogP contribution < -0.4 is 4.74 Å². The number of aryl methyl sites for hydroxylation is 2. The van der Waals surface area contributed by atoms with Gasteiger partial charge in [-0.1, -0.05) is 49.1 Å². The fraction of sp³-hybridized carbons (Fsp3) is 0.565. The summed E-state index contributed by atoms with van der Waals surface area (Å²) in [5.41, 5.74) is 6.96. The minimum Gasteiger partial charge on any atom is -0.496 e. The van der Waals surface area contributed by atoms with Crippen LogP contribution in [0.3, 0.4) is 0 Å². The third-order valence-corrected chi connectivity index (χ3v) is 4.53. The smallest absolute Gasteiger partial charge is 0.122 e. The van der Waals surface area contributed by atoms with Gasteiger partial charge in [0, 0.05) is 5.56 Å². The number of unbranched alkanes of at least 4 members (excludes halogenated alkanes) is 2. The van der Waals surface area contributed by atoms with Crippen LogP contribution in [0.25, 0.3) is 0 Å². The van der Waals surface area contributed by atoms with Gasteiger partial charge in [0.15, 0.2) is 0 Å². The van der Waals surface area contributed by atoms with Crippen molar-refractivity contribution in [3.05, 3.63) is 52.1 Å². The molecule has 0 aliphatic rings. The molecule has 1 nitrogen and oxygen atoms in total. The van der Waals surface area contributed by atoms with Crippen molar-refractivity contribution in [1.82, 2.24) is 0 Å². The fourth-order valence-electron chi connectivity index (χ4n) is 2.99. The molecule has 0 atom stereocenters. The summed E-state index contributed by atoms with van der Waals surface area (Å²) in [5.74, 6) is 1.05. The van der Waals surface area contributed by atoms with Gasteiger partial charge in [0.2, 0.25) is 0 Å². The van der Waals surface area contributed by atoms with Gasteiger partial charge in [-0.2, -0.15) is 0 Å². The standard InChI is InChI=1S/C23H36O/c1-7-8-9-13-21-16-20(5)22(23(17-21)24-6)15-14-19(4)12-10-11-18(2)3/h11,14,16-17H,7-10,12-13,15H2,1-6H3/b19-14+. The predicted octanol–water partition coefficient (Wildman–Crippen LogP) is 6.97. The summed E-state index contributed by atoms with van der Waals surface area (Å²) in [6.07, 6.45) is 12.9. The molecule has 134 valence electrons. The highest BCUT2D eigenvalue weighted by Crippen LogP contribution is 2.27. The van der Waals surface area contributed by atoms with Gasteiger partial charge in [0.1, 0.15) is 5.75 Å². The molecule has 24 heavy (non-hydrogen) atoms. The first-order valence-electron chi connectivity index (χ1n) is 9.43. The summed E-state index contributed by atoms with van der Waals surface area (Å²) in [6, 6.07) is 4.59. The molecule has 1 aromatic carbocycles. The van der Waals surface area contributed by atoms with Crippen LogP contribution >= 0.6 is 0 Å². The molecule has 0 aliphatic carbocycles. The summed E-state index contributed by atoms with van der Waals surface area (Å²) in [4.78, 5) is 0. The van der Waals surface area contributed by atoms with Crippen LogP contribution in [0.5, 0.6) is 5.75 Å². The first-order chi connectivity index (χ1) is 11.5. The molecule has 0 amide bonds. The van der Waals surface area contributed by atoms with E-state index in [4.69, 9.17) is 4.74 Å². The van der Waals surface area contributed by atoms with Crippen LogP contribution in [0.2, 0.25) is 0 Å². The number of ether oxygens (including phenoxy) is 1. The normalized spacial score (nSPS) is 11.5. The van der Waals surface area contributed by atoms with Crippen LogP contribution in [0.1, 0.15) is 76.5 Å². The average Bonchev–Trinajstić information content (AvgIpc) is 2.53. The summed E-state index contributed by atoms with van der Waals surface area (Å²) in [5, 5.41) is 0. The second-order valence-corrected chi connectivity index (χ2v) is 7.13. The Morgan fingerprint density at radius 2 is 1.83 bits per heavy atom. The fourth-order valence-corrected chi connectivity index (χ4v) is 2.99. The van der Waals surface area contributed by atoms with Crippen LogP contribution in [0.15, 0.2) is 35.4 Å². The topological polar surface area (TPSA) is 9.23 Å². The maximum atomic E-state index is 5.68. The molecule has 1 heteroatoms. The van der Waals surface area contributed by atoms with Crippen molar-refractivity contribution < 1.29 is 4.74 Å². The Balaban J connectivity index is 2.78. The van der Waals surface area contributed by atoms with Gasteiger partial charge < -0.3 is 4.74 Å². The van der Waals surface area contributed by atoms with Crippen molar-refractivity contribution >= 4 is 0 Å². The molecule has 0 spiro atoms. The zero-order valence-electron chi connectivity index (χ0n) is 16.7. The van der Waals surface area contributed by atoms with Gasteiger partial charge in [0.25, 0.3) is 0 Å². The second kappa shape index (κ2) is 11.1. The lowest BCUT2D eigenvalue weighted by Crippen LogP contribution is -1.98. The number of benzene rings is 1. The largest absolute Gasteiger partial charge is 0.496 e. The molecule has 0 aliphatic heterocycles. The first kappa shape index (κ1) is 20.5. The van der Waals surface area contributed by atoms with E-state index in [1.165, 1.54) is 47.1 Å². The average molecular weight is 329 g/mol. The zero-order chi connectivity index (χ0) is 17.9. The van der Waals surface area contributed by atoms with Crippen LogP contribution in [0.4, 0.5) is 0 Å². The molecule has 0 aromatic heterocycles. The maximum Gasteiger partial charge on any atom is 0.122 e. The van der Waals surface area contributed by atoms with Crippen molar-refractivity contribution in [2.45, 2.75) is 79.6 Å². The number of methoxy groups -OCH3 is 1. The van der Waals surface area contributed by atoms with Gasteiger partial charge in [-0.3, -0.25) is 0 Å². The molecule has 0 fully saturated rings. The Morgan fingerprint density at radius 1 is 1.08 bits per heavy atom. The number of rotatable bonds is 10. The molecule has 0 unspecified atom stereocenters. The van der Waals surface area contributed by atoms with E-state index in [2.05, 4.69) is 58.9 Å². The van der Waals surface area contributed by atoms with E-state index >= 15 is 0 Å². The molecule has 0 heterocycles. The molecular weight excluding hydrogens is 292 g/mol. The number of hydrogen-bond acceptors (Lipinski definition) is 1. The molecule has 0 saturated carbocycles. The third-order valence-electron chi connectivity index (χ3n) is 4.53. The van der Waals surface area contributed by atoms with Gasteiger partial charge >= 0.3 is 0 Å². The maximum absolute atomic E-state index is 5.68. The molecule has 0 N–H and O–H groups in total. The van der Waals surface area contributed by atoms with Gasteiger partial charge in [-0.15, -0.1) is 0 Å². The molecular formula is C23H36O. The molecule has 0 radical (unpaired) electrons. The highest BCUT2D eigenvalue weighted by atomic mass is 16.5. The van der Waals surface area contributed by atoms with E-state index in [1.807, 2.05) is 0 Å². The molecule has 0 bridgehead atoms. The lowest BCUT2D eigenvalue weighted by atomic mass is 9.97.